The number of carbonyl (C=O) groups is 1. The quantitative estimate of drug-likeness (QED) is 0.854. The second kappa shape index (κ2) is 5.07. The van der Waals surface area contributed by atoms with Crippen LogP contribution in [-0.4, -0.2) is 12.5 Å². The van der Waals surface area contributed by atoms with Gasteiger partial charge in [-0.3, -0.25) is 4.79 Å². The Labute approximate surface area is 89.6 Å². The number of rotatable bonds is 4. The van der Waals surface area contributed by atoms with Crippen LogP contribution in [0, 0.1) is 5.82 Å². The molecule has 0 unspecified atom stereocenters. The van der Waals surface area contributed by atoms with E-state index >= 15 is 0 Å². The minimum absolute atomic E-state index is 0.0914. The van der Waals surface area contributed by atoms with Crippen LogP contribution in [0.15, 0.2) is 22.7 Å². The maximum Gasteiger partial charge on any atom is 0.231 e. The summed E-state index contributed by atoms with van der Waals surface area (Å²) in [5.74, 6) is -0.740. The molecule has 1 aromatic rings. The summed E-state index contributed by atoms with van der Waals surface area (Å²) in [6.45, 7) is 0.507. The molecule has 0 saturated carbocycles. The van der Waals surface area contributed by atoms with Gasteiger partial charge in [0.15, 0.2) is 0 Å². The monoisotopic (exact) mass is 260 g/mol. The zero-order valence-electron chi connectivity index (χ0n) is 7.39. The fraction of sp³-hybridized carbons (Fsp3) is 0.222. The molecule has 0 bridgehead atoms. The van der Waals surface area contributed by atoms with Gasteiger partial charge in [-0.2, -0.15) is 0 Å². The first-order valence-corrected chi connectivity index (χ1v) is 4.81. The minimum Gasteiger partial charge on any atom is -0.369 e. The van der Waals surface area contributed by atoms with Crippen molar-refractivity contribution < 1.29 is 9.18 Å². The van der Waals surface area contributed by atoms with Gasteiger partial charge in [0.05, 0.1) is 6.54 Å². The highest BCUT2D eigenvalue weighted by molar-refractivity contribution is 9.10. The molecule has 0 aromatic heterocycles. The summed E-state index contributed by atoms with van der Waals surface area (Å²) in [7, 11) is 0. The fourth-order valence-electron chi connectivity index (χ4n) is 1.04. The van der Waals surface area contributed by atoms with Crippen molar-refractivity contribution in [3.05, 3.63) is 34.1 Å². The van der Waals surface area contributed by atoms with Crippen LogP contribution in [0.1, 0.15) is 5.56 Å². The number of hydrogen-bond donors (Lipinski definition) is 2. The number of nitrogens with two attached hydrogens (primary N) is 1. The van der Waals surface area contributed by atoms with Gasteiger partial charge < -0.3 is 11.1 Å². The third kappa shape index (κ3) is 3.85. The molecule has 5 heteroatoms. The van der Waals surface area contributed by atoms with Crippen molar-refractivity contribution in [1.82, 2.24) is 5.32 Å². The highest BCUT2D eigenvalue weighted by atomic mass is 79.9. The lowest BCUT2D eigenvalue weighted by atomic mass is 10.2. The smallest absolute Gasteiger partial charge is 0.231 e. The molecule has 0 aliphatic heterocycles. The molecular weight excluding hydrogens is 251 g/mol. The van der Waals surface area contributed by atoms with Crippen molar-refractivity contribution in [3.8, 4) is 0 Å². The lowest BCUT2D eigenvalue weighted by Crippen LogP contribution is -2.28. The van der Waals surface area contributed by atoms with Gasteiger partial charge in [0.1, 0.15) is 5.82 Å². The molecular formula is C9H10BrFN2O. The largest absolute Gasteiger partial charge is 0.369 e. The Balaban J connectivity index is 2.54. The summed E-state index contributed by atoms with van der Waals surface area (Å²) >= 11 is 3.17. The van der Waals surface area contributed by atoms with Crippen molar-refractivity contribution >= 4 is 21.8 Å². The Hall–Kier alpha value is -0.940. The molecule has 0 heterocycles. The van der Waals surface area contributed by atoms with Crippen LogP contribution in [0.25, 0.3) is 0 Å². The van der Waals surface area contributed by atoms with E-state index in [1.807, 2.05) is 0 Å². The van der Waals surface area contributed by atoms with E-state index in [1.165, 1.54) is 12.1 Å². The SMILES string of the molecule is NC(=O)CNCc1cc(F)cc(Br)c1. The summed E-state index contributed by atoms with van der Waals surface area (Å²) in [5, 5.41) is 2.79. The van der Waals surface area contributed by atoms with E-state index in [2.05, 4.69) is 21.2 Å². The molecule has 1 rings (SSSR count). The van der Waals surface area contributed by atoms with Crippen LogP contribution in [0.4, 0.5) is 4.39 Å². The summed E-state index contributed by atoms with van der Waals surface area (Å²) in [6, 6.07) is 4.55. The first kappa shape index (κ1) is 11.1. The maximum absolute atomic E-state index is 12.9. The first-order chi connectivity index (χ1) is 6.58. The number of hydrogen-bond acceptors (Lipinski definition) is 2. The van der Waals surface area contributed by atoms with Crippen LogP contribution in [0.3, 0.4) is 0 Å². The van der Waals surface area contributed by atoms with Crippen molar-refractivity contribution in [2.24, 2.45) is 5.73 Å². The van der Waals surface area contributed by atoms with Gasteiger partial charge in [-0.15, -0.1) is 0 Å². The Morgan fingerprint density at radius 1 is 1.50 bits per heavy atom. The standard InChI is InChI=1S/C9H10BrFN2O/c10-7-1-6(2-8(11)3-7)4-13-5-9(12)14/h1-3,13H,4-5H2,(H2,12,14). The Bertz CT molecular complexity index is 323. The zero-order valence-corrected chi connectivity index (χ0v) is 8.97. The highest BCUT2D eigenvalue weighted by Gasteiger charge is 1.99. The molecule has 3 nitrogen and oxygen atoms in total. The van der Waals surface area contributed by atoms with Crippen LogP contribution < -0.4 is 11.1 Å². The average molecular weight is 261 g/mol. The lowest BCUT2D eigenvalue weighted by molar-refractivity contribution is -0.117. The fourth-order valence-corrected chi connectivity index (χ4v) is 1.56. The van der Waals surface area contributed by atoms with Gasteiger partial charge in [-0.1, -0.05) is 15.9 Å². The third-order valence-electron chi connectivity index (χ3n) is 1.55. The van der Waals surface area contributed by atoms with Gasteiger partial charge in [0.25, 0.3) is 0 Å². The first-order valence-electron chi connectivity index (χ1n) is 4.02. The zero-order chi connectivity index (χ0) is 10.6. The number of benzene rings is 1. The number of nitrogens with one attached hydrogen (secondary N) is 1. The minimum atomic E-state index is -0.430. The molecule has 0 spiro atoms. The second-order valence-corrected chi connectivity index (χ2v) is 3.76. The summed E-state index contributed by atoms with van der Waals surface area (Å²) < 4.78 is 13.5. The van der Waals surface area contributed by atoms with E-state index < -0.39 is 5.91 Å². The van der Waals surface area contributed by atoms with Crippen LogP contribution in [0.5, 0.6) is 0 Å². The predicted octanol–water partition coefficient (Wildman–Crippen LogP) is 1.16. The number of amides is 1. The van der Waals surface area contributed by atoms with Gasteiger partial charge in [-0.25, -0.2) is 4.39 Å². The van der Waals surface area contributed by atoms with E-state index in [0.717, 1.165) is 5.56 Å². The van der Waals surface area contributed by atoms with Gasteiger partial charge in [0.2, 0.25) is 5.91 Å². The second-order valence-electron chi connectivity index (χ2n) is 2.85. The van der Waals surface area contributed by atoms with Crippen LogP contribution in [0.2, 0.25) is 0 Å². The highest BCUT2D eigenvalue weighted by Crippen LogP contribution is 2.14. The number of halogens is 2. The topological polar surface area (TPSA) is 55.1 Å². The number of carbonyl (C=O) groups excluding carboxylic acids is 1. The maximum atomic E-state index is 12.9. The number of primary amides is 1. The van der Waals surface area contributed by atoms with Crippen LogP contribution in [-0.2, 0) is 11.3 Å². The lowest BCUT2D eigenvalue weighted by Gasteiger charge is -2.03. The van der Waals surface area contributed by atoms with Crippen molar-refractivity contribution in [2.45, 2.75) is 6.54 Å². The van der Waals surface area contributed by atoms with E-state index in [4.69, 9.17) is 5.73 Å². The molecule has 76 valence electrons. The van der Waals surface area contributed by atoms with E-state index in [1.54, 1.807) is 6.07 Å². The van der Waals surface area contributed by atoms with Crippen molar-refractivity contribution in [2.75, 3.05) is 6.54 Å². The Morgan fingerprint density at radius 2 is 2.21 bits per heavy atom. The van der Waals surface area contributed by atoms with Crippen LogP contribution >= 0.6 is 15.9 Å². The van der Waals surface area contributed by atoms with Gasteiger partial charge >= 0.3 is 0 Å². The summed E-state index contributed by atoms with van der Waals surface area (Å²) in [5.41, 5.74) is 5.69. The molecule has 0 atom stereocenters. The normalized spacial score (nSPS) is 10.1. The Kier molecular flexibility index (Phi) is 4.03. The third-order valence-corrected chi connectivity index (χ3v) is 2.01. The molecule has 0 fully saturated rings. The predicted molar refractivity (Wildman–Crippen MR) is 55.0 cm³/mol. The van der Waals surface area contributed by atoms with Gasteiger partial charge in [-0.05, 0) is 23.8 Å². The Morgan fingerprint density at radius 3 is 2.79 bits per heavy atom. The molecule has 1 amide bonds. The van der Waals surface area contributed by atoms with E-state index in [-0.39, 0.29) is 12.4 Å². The van der Waals surface area contributed by atoms with Crippen molar-refractivity contribution in [3.63, 3.8) is 0 Å². The molecule has 0 aliphatic carbocycles. The molecule has 0 saturated heterocycles. The molecule has 0 aliphatic rings. The molecule has 1 aromatic carbocycles. The molecule has 14 heavy (non-hydrogen) atoms. The summed E-state index contributed by atoms with van der Waals surface area (Å²) in [6.07, 6.45) is 0. The molecule has 0 radical (unpaired) electrons. The van der Waals surface area contributed by atoms with Crippen molar-refractivity contribution in [1.29, 1.82) is 0 Å². The van der Waals surface area contributed by atoms with E-state index in [9.17, 15) is 9.18 Å². The molecule has 3 N–H and O–H groups in total. The van der Waals surface area contributed by atoms with E-state index in [0.29, 0.717) is 11.0 Å². The summed E-state index contributed by atoms with van der Waals surface area (Å²) in [4.78, 5) is 10.4. The average Bonchev–Trinajstić information content (AvgIpc) is 2.01. The van der Waals surface area contributed by atoms with Gasteiger partial charge in [0, 0.05) is 11.0 Å².